The number of rotatable bonds is 1. The normalized spacial score (nSPS) is 10.9. The van der Waals surface area contributed by atoms with Crippen molar-refractivity contribution < 1.29 is 4.80 Å². The van der Waals surface area contributed by atoms with Crippen LogP contribution in [0.2, 0.25) is 0 Å². The molecule has 0 amide bonds. The van der Waals surface area contributed by atoms with Crippen molar-refractivity contribution in [2.24, 2.45) is 0 Å². The van der Waals surface area contributed by atoms with E-state index in [9.17, 15) is 0 Å². The van der Waals surface area contributed by atoms with Crippen LogP contribution < -0.4 is 5.19 Å². The molecule has 0 aliphatic heterocycles. The van der Waals surface area contributed by atoms with Crippen molar-refractivity contribution in [3.63, 3.8) is 0 Å². The zero-order valence-electron chi connectivity index (χ0n) is 5.46. The molecular formula is C7H10OSi. The predicted molar refractivity (Wildman–Crippen MR) is 41.6 cm³/mol. The molecule has 0 spiro atoms. The van der Waals surface area contributed by atoms with Gasteiger partial charge in [-0.15, -0.1) is 0 Å². The Balaban J connectivity index is 3.01. The quantitative estimate of drug-likeness (QED) is 0.528. The second-order valence-corrected chi connectivity index (χ2v) is 3.16. The molecule has 9 heavy (non-hydrogen) atoms. The van der Waals surface area contributed by atoms with E-state index in [4.69, 9.17) is 4.80 Å². The summed E-state index contributed by atoms with van der Waals surface area (Å²) in [5, 5.41) is 1.15. The summed E-state index contributed by atoms with van der Waals surface area (Å²) in [5.41, 5.74) is 1.21. The predicted octanol–water partition coefficient (Wildman–Crippen LogP) is -0.304. The van der Waals surface area contributed by atoms with Crippen molar-refractivity contribution in [2.45, 2.75) is 6.92 Å². The summed E-state index contributed by atoms with van der Waals surface area (Å²) < 4.78 is 0. The van der Waals surface area contributed by atoms with Crippen molar-refractivity contribution in [1.29, 1.82) is 0 Å². The van der Waals surface area contributed by atoms with Crippen LogP contribution in [0.3, 0.4) is 0 Å². The van der Waals surface area contributed by atoms with Gasteiger partial charge in [0.15, 0.2) is 9.76 Å². The molecule has 0 fully saturated rings. The van der Waals surface area contributed by atoms with Gasteiger partial charge in [0.05, 0.1) is 0 Å². The van der Waals surface area contributed by atoms with E-state index in [0.717, 1.165) is 5.19 Å². The van der Waals surface area contributed by atoms with E-state index in [0.29, 0.717) is 0 Å². The second-order valence-electron chi connectivity index (χ2n) is 2.08. The standard InChI is InChI=1S/C7H10OSi/c1-6-4-2-3-5-7(6)9-8/h2-5,8H,9H2,1H3. The van der Waals surface area contributed by atoms with E-state index in [-0.39, 0.29) is 0 Å². The number of hydrogen-bond donors (Lipinski definition) is 1. The highest BCUT2D eigenvalue weighted by atomic mass is 28.2. The van der Waals surface area contributed by atoms with E-state index in [1.165, 1.54) is 5.56 Å². The van der Waals surface area contributed by atoms with Crippen molar-refractivity contribution in [3.8, 4) is 0 Å². The second kappa shape index (κ2) is 2.80. The molecule has 0 aliphatic rings. The van der Waals surface area contributed by atoms with Crippen molar-refractivity contribution in [1.82, 2.24) is 0 Å². The summed E-state index contributed by atoms with van der Waals surface area (Å²) in [7, 11) is -0.938. The Morgan fingerprint density at radius 1 is 1.33 bits per heavy atom. The third kappa shape index (κ3) is 1.40. The zero-order chi connectivity index (χ0) is 6.69. The molecule has 1 N–H and O–H groups in total. The van der Waals surface area contributed by atoms with Crippen LogP contribution in [0.4, 0.5) is 0 Å². The van der Waals surface area contributed by atoms with Crippen LogP contribution in [-0.4, -0.2) is 14.6 Å². The molecule has 0 radical (unpaired) electrons. The van der Waals surface area contributed by atoms with E-state index in [1.54, 1.807) is 0 Å². The molecular weight excluding hydrogens is 128 g/mol. The Hall–Kier alpha value is -0.603. The minimum Gasteiger partial charge on any atom is -0.433 e. The van der Waals surface area contributed by atoms with Gasteiger partial charge in [-0.05, 0) is 12.1 Å². The topological polar surface area (TPSA) is 20.2 Å². The lowest BCUT2D eigenvalue weighted by Crippen LogP contribution is -2.15. The van der Waals surface area contributed by atoms with Crippen LogP contribution in [-0.2, 0) is 0 Å². The molecule has 2 heteroatoms. The smallest absolute Gasteiger partial charge is 0.188 e. The highest BCUT2D eigenvalue weighted by molar-refractivity contribution is 6.46. The molecule has 1 aromatic carbocycles. The van der Waals surface area contributed by atoms with Crippen LogP contribution in [0.5, 0.6) is 0 Å². The molecule has 1 aromatic rings. The molecule has 48 valence electrons. The molecule has 0 atom stereocenters. The largest absolute Gasteiger partial charge is 0.433 e. The SMILES string of the molecule is Cc1ccccc1[SiH2]O. The molecule has 1 rings (SSSR count). The summed E-state index contributed by atoms with van der Waals surface area (Å²) in [4.78, 5) is 8.86. The average molecular weight is 138 g/mol. The van der Waals surface area contributed by atoms with Gasteiger partial charge in [-0.1, -0.05) is 29.8 Å². The van der Waals surface area contributed by atoms with Crippen LogP contribution in [0.1, 0.15) is 5.56 Å². The first kappa shape index (κ1) is 6.52. The van der Waals surface area contributed by atoms with Gasteiger partial charge in [-0.25, -0.2) is 0 Å². The monoisotopic (exact) mass is 138 g/mol. The minimum atomic E-state index is -0.938. The summed E-state index contributed by atoms with van der Waals surface area (Å²) in [5.74, 6) is 0. The van der Waals surface area contributed by atoms with Gasteiger partial charge in [0.1, 0.15) is 0 Å². The third-order valence-corrected chi connectivity index (χ3v) is 2.57. The summed E-state index contributed by atoms with van der Waals surface area (Å²) >= 11 is 0. The van der Waals surface area contributed by atoms with Gasteiger partial charge in [0.25, 0.3) is 0 Å². The molecule has 0 saturated carbocycles. The molecule has 0 heterocycles. The fourth-order valence-electron chi connectivity index (χ4n) is 0.787. The molecule has 0 saturated heterocycles. The Kier molecular flexibility index (Phi) is 2.03. The van der Waals surface area contributed by atoms with Crippen LogP contribution >= 0.6 is 0 Å². The fraction of sp³-hybridized carbons (Fsp3) is 0.143. The molecule has 0 unspecified atom stereocenters. The highest BCUT2D eigenvalue weighted by Crippen LogP contribution is 1.90. The molecule has 1 nitrogen and oxygen atoms in total. The first-order valence-corrected chi connectivity index (χ1v) is 4.34. The lowest BCUT2D eigenvalue weighted by Gasteiger charge is -1.97. The molecule has 0 bridgehead atoms. The lowest BCUT2D eigenvalue weighted by molar-refractivity contribution is 0.615. The van der Waals surface area contributed by atoms with Crippen molar-refractivity contribution in [3.05, 3.63) is 29.8 Å². The molecule has 0 aromatic heterocycles. The van der Waals surface area contributed by atoms with Gasteiger partial charge in [0, 0.05) is 0 Å². The van der Waals surface area contributed by atoms with Gasteiger partial charge in [0.2, 0.25) is 0 Å². The van der Waals surface area contributed by atoms with E-state index in [1.807, 2.05) is 31.2 Å². The zero-order valence-corrected chi connectivity index (χ0v) is 6.88. The summed E-state index contributed by atoms with van der Waals surface area (Å²) in [6.45, 7) is 2.03. The Morgan fingerprint density at radius 3 is 2.44 bits per heavy atom. The Morgan fingerprint density at radius 2 is 2.00 bits per heavy atom. The van der Waals surface area contributed by atoms with Crippen LogP contribution in [0.15, 0.2) is 24.3 Å². The number of hydrogen-bond acceptors (Lipinski definition) is 1. The highest BCUT2D eigenvalue weighted by Gasteiger charge is 1.91. The maximum absolute atomic E-state index is 8.86. The van der Waals surface area contributed by atoms with E-state index < -0.39 is 9.76 Å². The number of benzene rings is 1. The maximum atomic E-state index is 8.86. The maximum Gasteiger partial charge on any atom is 0.188 e. The lowest BCUT2D eigenvalue weighted by atomic mass is 10.2. The van der Waals surface area contributed by atoms with E-state index in [2.05, 4.69) is 0 Å². The first-order valence-electron chi connectivity index (χ1n) is 3.00. The van der Waals surface area contributed by atoms with Crippen molar-refractivity contribution >= 4 is 14.9 Å². The van der Waals surface area contributed by atoms with E-state index >= 15 is 0 Å². The van der Waals surface area contributed by atoms with Gasteiger partial charge in [-0.2, -0.15) is 0 Å². The summed E-state index contributed by atoms with van der Waals surface area (Å²) in [6, 6.07) is 7.97. The van der Waals surface area contributed by atoms with Crippen LogP contribution in [0, 0.1) is 6.92 Å². The third-order valence-electron chi connectivity index (χ3n) is 1.43. The average Bonchev–Trinajstić information content (AvgIpc) is 1.89. The first-order chi connectivity index (χ1) is 4.34. The molecule has 0 aliphatic carbocycles. The van der Waals surface area contributed by atoms with Gasteiger partial charge < -0.3 is 4.80 Å². The Labute approximate surface area is 57.3 Å². The fourth-order valence-corrected chi connectivity index (χ4v) is 1.40. The van der Waals surface area contributed by atoms with Gasteiger partial charge >= 0.3 is 0 Å². The minimum absolute atomic E-state index is 0.938. The van der Waals surface area contributed by atoms with Gasteiger partial charge in [-0.3, -0.25) is 0 Å². The van der Waals surface area contributed by atoms with Crippen LogP contribution in [0.25, 0.3) is 0 Å². The Bertz CT molecular complexity index is 198. The van der Waals surface area contributed by atoms with Crippen molar-refractivity contribution in [2.75, 3.05) is 0 Å². The summed E-state index contributed by atoms with van der Waals surface area (Å²) in [6.07, 6.45) is 0. The number of aryl methyl sites for hydroxylation is 1.